The standard InChI is InChI=1S/C12H11N3/c1-15-11-4-2-6-13-9(11)8-10-12(15)5-3-7-14-10/h2-7H,8H2,1H3. The molecule has 2 aromatic heterocycles. The van der Waals surface area contributed by atoms with Crippen molar-refractivity contribution >= 4 is 11.4 Å². The van der Waals surface area contributed by atoms with Crippen molar-refractivity contribution in [2.24, 2.45) is 0 Å². The summed E-state index contributed by atoms with van der Waals surface area (Å²) in [6.07, 6.45) is 4.50. The lowest BCUT2D eigenvalue weighted by molar-refractivity contribution is 0.945. The first-order valence-corrected chi connectivity index (χ1v) is 4.98. The highest BCUT2D eigenvalue weighted by atomic mass is 15.1. The molecule has 0 atom stereocenters. The van der Waals surface area contributed by atoms with Gasteiger partial charge in [-0.1, -0.05) is 0 Å². The highest BCUT2D eigenvalue weighted by Crippen LogP contribution is 2.34. The fraction of sp³-hybridized carbons (Fsp3) is 0.167. The number of fused-ring (bicyclic) bond motifs is 2. The number of hydrogen-bond acceptors (Lipinski definition) is 3. The summed E-state index contributed by atoms with van der Waals surface area (Å²) in [7, 11) is 2.06. The van der Waals surface area contributed by atoms with Gasteiger partial charge in [0.1, 0.15) is 0 Å². The van der Waals surface area contributed by atoms with Crippen LogP contribution in [0.3, 0.4) is 0 Å². The van der Waals surface area contributed by atoms with Crippen LogP contribution < -0.4 is 4.90 Å². The van der Waals surface area contributed by atoms with Crippen molar-refractivity contribution in [1.29, 1.82) is 0 Å². The molecule has 0 fully saturated rings. The van der Waals surface area contributed by atoms with Gasteiger partial charge < -0.3 is 4.90 Å². The van der Waals surface area contributed by atoms with Crippen LogP contribution in [0.15, 0.2) is 36.7 Å². The van der Waals surface area contributed by atoms with E-state index in [9.17, 15) is 0 Å². The van der Waals surface area contributed by atoms with E-state index < -0.39 is 0 Å². The third-order valence-corrected chi connectivity index (χ3v) is 2.79. The Morgan fingerprint density at radius 3 is 2.07 bits per heavy atom. The molecule has 3 rings (SSSR count). The fourth-order valence-corrected chi connectivity index (χ4v) is 2.03. The molecule has 0 saturated carbocycles. The second kappa shape index (κ2) is 3.05. The van der Waals surface area contributed by atoms with E-state index in [0.29, 0.717) is 0 Å². The first kappa shape index (κ1) is 8.41. The van der Waals surface area contributed by atoms with E-state index in [1.54, 1.807) is 0 Å². The molecule has 1 aliphatic rings. The van der Waals surface area contributed by atoms with Crippen LogP contribution >= 0.6 is 0 Å². The van der Waals surface area contributed by atoms with Gasteiger partial charge in [0.15, 0.2) is 0 Å². The molecule has 0 saturated heterocycles. The lowest BCUT2D eigenvalue weighted by atomic mass is 10.1. The van der Waals surface area contributed by atoms with E-state index in [-0.39, 0.29) is 0 Å². The number of nitrogens with zero attached hydrogens (tertiary/aromatic N) is 3. The third kappa shape index (κ3) is 1.20. The minimum absolute atomic E-state index is 0.830. The van der Waals surface area contributed by atoms with Gasteiger partial charge >= 0.3 is 0 Å². The minimum atomic E-state index is 0.830. The third-order valence-electron chi connectivity index (χ3n) is 2.79. The number of aromatic nitrogens is 2. The molecule has 3 heteroatoms. The molecule has 0 bridgehead atoms. The molecule has 0 amide bonds. The highest BCUT2D eigenvalue weighted by Gasteiger charge is 2.20. The molecule has 3 nitrogen and oxygen atoms in total. The molecular weight excluding hydrogens is 186 g/mol. The van der Waals surface area contributed by atoms with Crippen molar-refractivity contribution in [1.82, 2.24) is 9.97 Å². The molecule has 0 aliphatic carbocycles. The first-order valence-electron chi connectivity index (χ1n) is 4.98. The van der Waals surface area contributed by atoms with E-state index in [4.69, 9.17) is 0 Å². The fourth-order valence-electron chi connectivity index (χ4n) is 2.03. The highest BCUT2D eigenvalue weighted by molar-refractivity contribution is 5.70. The summed E-state index contributed by atoms with van der Waals surface area (Å²) in [4.78, 5) is 10.9. The van der Waals surface area contributed by atoms with Gasteiger partial charge in [-0.25, -0.2) is 0 Å². The first-order chi connectivity index (χ1) is 7.36. The molecule has 0 spiro atoms. The maximum Gasteiger partial charge on any atom is 0.0700 e. The SMILES string of the molecule is CN1c2cccnc2Cc2ncccc21. The van der Waals surface area contributed by atoms with Crippen LogP contribution in [0.5, 0.6) is 0 Å². The zero-order chi connectivity index (χ0) is 10.3. The van der Waals surface area contributed by atoms with Gasteiger partial charge in [0.2, 0.25) is 0 Å². The Morgan fingerprint density at radius 2 is 1.53 bits per heavy atom. The van der Waals surface area contributed by atoms with Crippen LogP contribution in [0, 0.1) is 0 Å². The normalized spacial score (nSPS) is 13.3. The van der Waals surface area contributed by atoms with Gasteiger partial charge in [0.25, 0.3) is 0 Å². The van der Waals surface area contributed by atoms with Crippen LogP contribution in [-0.2, 0) is 6.42 Å². The molecule has 0 aromatic carbocycles. The summed E-state index contributed by atoms with van der Waals surface area (Å²) in [5, 5.41) is 0. The maximum absolute atomic E-state index is 4.39. The van der Waals surface area contributed by atoms with Crippen molar-refractivity contribution < 1.29 is 0 Å². The van der Waals surface area contributed by atoms with Gasteiger partial charge in [-0.05, 0) is 24.3 Å². The van der Waals surface area contributed by atoms with E-state index in [1.165, 1.54) is 11.4 Å². The Kier molecular flexibility index (Phi) is 1.71. The predicted octanol–water partition coefficient (Wildman–Crippen LogP) is 2.15. The Labute approximate surface area is 88.4 Å². The van der Waals surface area contributed by atoms with E-state index in [2.05, 4.69) is 34.0 Å². The molecule has 15 heavy (non-hydrogen) atoms. The Hall–Kier alpha value is -1.90. The molecule has 0 N–H and O–H groups in total. The topological polar surface area (TPSA) is 29.0 Å². The average Bonchev–Trinajstić information content (AvgIpc) is 2.30. The molecule has 0 radical (unpaired) electrons. The molecular formula is C12H11N3. The molecule has 0 unspecified atom stereocenters. The number of anilines is 2. The summed E-state index contributed by atoms with van der Waals surface area (Å²) >= 11 is 0. The zero-order valence-corrected chi connectivity index (χ0v) is 8.51. The summed E-state index contributed by atoms with van der Waals surface area (Å²) in [6.45, 7) is 0. The van der Waals surface area contributed by atoms with Gasteiger partial charge in [-0.15, -0.1) is 0 Å². The zero-order valence-electron chi connectivity index (χ0n) is 8.51. The second-order valence-corrected chi connectivity index (χ2v) is 3.67. The lowest BCUT2D eigenvalue weighted by Crippen LogP contribution is -2.20. The summed E-state index contributed by atoms with van der Waals surface area (Å²) in [5.41, 5.74) is 4.56. The van der Waals surface area contributed by atoms with Crippen molar-refractivity contribution in [3.63, 3.8) is 0 Å². The molecule has 74 valence electrons. The van der Waals surface area contributed by atoms with Gasteiger partial charge in [-0.3, -0.25) is 9.97 Å². The lowest BCUT2D eigenvalue weighted by Gasteiger charge is -2.28. The Morgan fingerprint density at radius 1 is 1.00 bits per heavy atom. The maximum atomic E-state index is 4.39. The van der Waals surface area contributed by atoms with Crippen LogP contribution in [0.4, 0.5) is 11.4 Å². The average molecular weight is 197 g/mol. The van der Waals surface area contributed by atoms with E-state index in [1.807, 2.05) is 24.5 Å². The number of pyridine rings is 2. The molecule has 1 aliphatic heterocycles. The summed E-state index contributed by atoms with van der Waals surface area (Å²) in [5.74, 6) is 0. The predicted molar refractivity (Wildman–Crippen MR) is 59.3 cm³/mol. The van der Waals surface area contributed by atoms with Gasteiger partial charge in [0.05, 0.1) is 22.8 Å². The Bertz CT molecular complexity index is 462. The van der Waals surface area contributed by atoms with Crippen LogP contribution in [-0.4, -0.2) is 17.0 Å². The smallest absolute Gasteiger partial charge is 0.0700 e. The van der Waals surface area contributed by atoms with Crippen molar-refractivity contribution in [3.05, 3.63) is 48.0 Å². The molecule has 2 aromatic rings. The number of rotatable bonds is 0. The summed E-state index contributed by atoms with van der Waals surface area (Å²) < 4.78 is 0. The van der Waals surface area contributed by atoms with Crippen LogP contribution in [0.25, 0.3) is 0 Å². The largest absolute Gasteiger partial charge is 0.342 e. The van der Waals surface area contributed by atoms with Crippen LogP contribution in [0.2, 0.25) is 0 Å². The van der Waals surface area contributed by atoms with Crippen molar-refractivity contribution in [3.8, 4) is 0 Å². The number of hydrogen-bond donors (Lipinski definition) is 0. The van der Waals surface area contributed by atoms with Gasteiger partial charge in [0, 0.05) is 25.9 Å². The van der Waals surface area contributed by atoms with Crippen molar-refractivity contribution in [2.45, 2.75) is 6.42 Å². The monoisotopic (exact) mass is 197 g/mol. The quantitative estimate of drug-likeness (QED) is 0.648. The van der Waals surface area contributed by atoms with E-state index >= 15 is 0 Å². The second-order valence-electron chi connectivity index (χ2n) is 3.67. The summed E-state index contributed by atoms with van der Waals surface area (Å²) in [6, 6.07) is 8.13. The van der Waals surface area contributed by atoms with Crippen molar-refractivity contribution in [2.75, 3.05) is 11.9 Å². The minimum Gasteiger partial charge on any atom is -0.342 e. The van der Waals surface area contributed by atoms with E-state index in [0.717, 1.165) is 17.8 Å². The van der Waals surface area contributed by atoms with Gasteiger partial charge in [-0.2, -0.15) is 0 Å². The van der Waals surface area contributed by atoms with Crippen LogP contribution in [0.1, 0.15) is 11.4 Å². The Balaban J connectivity index is 2.20. The molecule has 3 heterocycles.